The molecule has 2 heterocycles. The van der Waals surface area contributed by atoms with Crippen LogP contribution in [0.2, 0.25) is 0 Å². The fourth-order valence-electron chi connectivity index (χ4n) is 2.30. The number of anilines is 1. The number of para-hydroxylation sites is 1. The van der Waals surface area contributed by atoms with Gasteiger partial charge in [-0.3, -0.25) is 9.78 Å². The Kier molecular flexibility index (Phi) is 4.39. The molecule has 0 unspecified atom stereocenters. The van der Waals surface area contributed by atoms with Gasteiger partial charge in [-0.1, -0.05) is 18.2 Å². The van der Waals surface area contributed by atoms with Gasteiger partial charge in [-0.25, -0.2) is 0 Å². The third kappa shape index (κ3) is 3.40. The second-order valence-corrected chi connectivity index (χ2v) is 5.46. The maximum atomic E-state index is 12.6. The first-order valence-corrected chi connectivity index (χ1v) is 7.48. The molecule has 5 heteroatoms. The molecule has 3 rings (SSSR count). The first-order valence-electron chi connectivity index (χ1n) is 7.48. The van der Waals surface area contributed by atoms with E-state index in [9.17, 15) is 4.79 Å². The lowest BCUT2D eigenvalue weighted by Gasteiger charge is -2.08. The molecule has 3 aromatic rings. The standard InChI is InChI=1S/C18H18N2O3/c1-12(2)22-11-15-14-5-3-4-6-16(14)23-17(15)18(21)20-13-7-9-19-10-8-13/h3-10,12H,11H2,1-2H3,(H,19,20,21). The highest BCUT2D eigenvalue weighted by Gasteiger charge is 2.21. The van der Waals surface area contributed by atoms with Gasteiger partial charge < -0.3 is 14.5 Å². The minimum absolute atomic E-state index is 0.0692. The van der Waals surface area contributed by atoms with Crippen molar-refractivity contribution in [3.8, 4) is 0 Å². The molecule has 0 aliphatic carbocycles. The number of carbonyl (C=O) groups is 1. The number of furan rings is 1. The zero-order valence-corrected chi connectivity index (χ0v) is 13.1. The molecule has 5 nitrogen and oxygen atoms in total. The molecule has 2 aromatic heterocycles. The van der Waals surface area contributed by atoms with E-state index in [4.69, 9.17) is 9.15 Å². The molecular weight excluding hydrogens is 292 g/mol. The van der Waals surface area contributed by atoms with E-state index >= 15 is 0 Å². The molecule has 0 atom stereocenters. The highest BCUT2D eigenvalue weighted by atomic mass is 16.5. The van der Waals surface area contributed by atoms with Gasteiger partial charge in [0.1, 0.15) is 5.58 Å². The summed E-state index contributed by atoms with van der Waals surface area (Å²) in [5, 5.41) is 3.72. The fraction of sp³-hybridized carbons (Fsp3) is 0.222. The van der Waals surface area contributed by atoms with Gasteiger partial charge in [-0.15, -0.1) is 0 Å². The maximum Gasteiger partial charge on any atom is 0.291 e. The maximum absolute atomic E-state index is 12.6. The van der Waals surface area contributed by atoms with Crippen LogP contribution < -0.4 is 5.32 Å². The summed E-state index contributed by atoms with van der Waals surface area (Å²) in [6.07, 6.45) is 3.31. The van der Waals surface area contributed by atoms with Crippen molar-refractivity contribution in [1.29, 1.82) is 0 Å². The Labute approximate surface area is 134 Å². The Hall–Kier alpha value is -2.66. The molecule has 1 N–H and O–H groups in total. The second-order valence-electron chi connectivity index (χ2n) is 5.46. The van der Waals surface area contributed by atoms with Gasteiger partial charge in [-0.2, -0.15) is 0 Å². The lowest BCUT2D eigenvalue weighted by atomic mass is 10.1. The predicted octanol–water partition coefficient (Wildman–Crippen LogP) is 4.01. The van der Waals surface area contributed by atoms with E-state index in [1.807, 2.05) is 38.1 Å². The van der Waals surface area contributed by atoms with Crippen LogP contribution in [0.25, 0.3) is 11.0 Å². The molecule has 0 radical (unpaired) electrons. The average molecular weight is 310 g/mol. The first kappa shape index (κ1) is 15.2. The van der Waals surface area contributed by atoms with Crippen LogP contribution in [0.5, 0.6) is 0 Å². The number of nitrogens with one attached hydrogen (secondary N) is 1. The number of aromatic nitrogens is 1. The average Bonchev–Trinajstić information content (AvgIpc) is 2.92. The molecule has 23 heavy (non-hydrogen) atoms. The number of ether oxygens (including phenoxy) is 1. The predicted molar refractivity (Wildman–Crippen MR) is 88.3 cm³/mol. The van der Waals surface area contributed by atoms with Crippen molar-refractivity contribution >= 4 is 22.6 Å². The zero-order chi connectivity index (χ0) is 16.2. The lowest BCUT2D eigenvalue weighted by Crippen LogP contribution is -2.14. The molecule has 1 amide bonds. The molecule has 1 aromatic carbocycles. The molecule has 118 valence electrons. The van der Waals surface area contributed by atoms with Gasteiger partial charge in [0.2, 0.25) is 0 Å². The summed E-state index contributed by atoms with van der Waals surface area (Å²) in [5.74, 6) is -0.0154. The number of benzene rings is 1. The monoisotopic (exact) mass is 310 g/mol. The van der Waals surface area contributed by atoms with Crippen LogP contribution in [0, 0.1) is 0 Å². The van der Waals surface area contributed by atoms with Crippen LogP contribution in [0.1, 0.15) is 30.0 Å². The number of carbonyl (C=O) groups excluding carboxylic acids is 1. The van der Waals surface area contributed by atoms with Gasteiger partial charge in [-0.05, 0) is 32.0 Å². The Balaban J connectivity index is 1.95. The van der Waals surface area contributed by atoms with Crippen molar-refractivity contribution in [1.82, 2.24) is 4.98 Å². The van der Waals surface area contributed by atoms with Crippen LogP contribution in [0.15, 0.2) is 53.2 Å². The number of fused-ring (bicyclic) bond motifs is 1. The SMILES string of the molecule is CC(C)OCc1c(C(=O)Nc2ccncc2)oc2ccccc12. The lowest BCUT2D eigenvalue weighted by molar-refractivity contribution is 0.0648. The number of nitrogens with zero attached hydrogens (tertiary/aromatic N) is 1. The van der Waals surface area contributed by atoms with Crippen molar-refractivity contribution in [2.24, 2.45) is 0 Å². The van der Waals surface area contributed by atoms with E-state index < -0.39 is 0 Å². The third-order valence-electron chi connectivity index (χ3n) is 3.40. The summed E-state index contributed by atoms with van der Waals surface area (Å²) >= 11 is 0. The van der Waals surface area contributed by atoms with Crippen LogP contribution >= 0.6 is 0 Å². The van der Waals surface area contributed by atoms with Crippen molar-refractivity contribution in [2.45, 2.75) is 26.6 Å². The van der Waals surface area contributed by atoms with Gasteiger partial charge >= 0.3 is 0 Å². The van der Waals surface area contributed by atoms with E-state index in [1.54, 1.807) is 24.5 Å². The second kappa shape index (κ2) is 6.62. The minimum Gasteiger partial charge on any atom is -0.451 e. The van der Waals surface area contributed by atoms with Gasteiger partial charge in [0.15, 0.2) is 5.76 Å². The normalized spacial score (nSPS) is 11.1. The van der Waals surface area contributed by atoms with E-state index in [1.165, 1.54) is 0 Å². The number of pyridine rings is 1. The van der Waals surface area contributed by atoms with E-state index in [0.29, 0.717) is 17.9 Å². The highest BCUT2D eigenvalue weighted by molar-refractivity contribution is 6.06. The number of amides is 1. The minimum atomic E-state index is -0.297. The Bertz CT molecular complexity index is 810. The summed E-state index contributed by atoms with van der Waals surface area (Å²) < 4.78 is 11.4. The summed E-state index contributed by atoms with van der Waals surface area (Å²) in [7, 11) is 0. The Morgan fingerprint density at radius 3 is 2.70 bits per heavy atom. The molecule has 0 bridgehead atoms. The molecule has 0 fully saturated rings. The summed E-state index contributed by atoms with van der Waals surface area (Å²) in [6, 6.07) is 11.0. The highest BCUT2D eigenvalue weighted by Crippen LogP contribution is 2.27. The molecule has 0 spiro atoms. The quantitative estimate of drug-likeness (QED) is 0.773. The van der Waals surface area contributed by atoms with Crippen LogP contribution in [-0.4, -0.2) is 17.0 Å². The topological polar surface area (TPSA) is 64.4 Å². The summed E-state index contributed by atoms with van der Waals surface area (Å²) in [6.45, 7) is 4.24. The molecule has 0 saturated heterocycles. The zero-order valence-electron chi connectivity index (χ0n) is 13.1. The van der Waals surface area contributed by atoms with Crippen molar-refractivity contribution in [3.63, 3.8) is 0 Å². The van der Waals surface area contributed by atoms with Gasteiger partial charge in [0.05, 0.1) is 12.7 Å². The largest absolute Gasteiger partial charge is 0.451 e. The smallest absolute Gasteiger partial charge is 0.291 e. The molecule has 0 saturated carbocycles. The summed E-state index contributed by atoms with van der Waals surface area (Å²) in [4.78, 5) is 16.5. The molecule has 0 aliphatic rings. The fourth-order valence-corrected chi connectivity index (χ4v) is 2.30. The van der Waals surface area contributed by atoms with Crippen LogP contribution in [0.4, 0.5) is 5.69 Å². The van der Waals surface area contributed by atoms with E-state index in [-0.39, 0.29) is 17.8 Å². The van der Waals surface area contributed by atoms with Gasteiger partial charge in [0, 0.05) is 29.0 Å². The van der Waals surface area contributed by atoms with E-state index in [0.717, 1.165) is 10.9 Å². The number of hydrogen-bond acceptors (Lipinski definition) is 4. The molecule has 0 aliphatic heterocycles. The first-order chi connectivity index (χ1) is 11.1. The van der Waals surface area contributed by atoms with Gasteiger partial charge in [0.25, 0.3) is 5.91 Å². The Morgan fingerprint density at radius 2 is 1.96 bits per heavy atom. The van der Waals surface area contributed by atoms with E-state index in [2.05, 4.69) is 10.3 Å². The third-order valence-corrected chi connectivity index (χ3v) is 3.40. The van der Waals surface area contributed by atoms with Crippen molar-refractivity contribution < 1.29 is 13.9 Å². The van der Waals surface area contributed by atoms with Crippen molar-refractivity contribution in [2.75, 3.05) is 5.32 Å². The Morgan fingerprint density at radius 1 is 1.22 bits per heavy atom. The van der Waals surface area contributed by atoms with Crippen LogP contribution in [0.3, 0.4) is 0 Å². The van der Waals surface area contributed by atoms with Crippen LogP contribution in [-0.2, 0) is 11.3 Å². The summed E-state index contributed by atoms with van der Waals surface area (Å²) in [5.41, 5.74) is 2.11. The number of rotatable bonds is 5. The molecular formula is C18H18N2O3. The number of hydrogen-bond donors (Lipinski definition) is 1. The van der Waals surface area contributed by atoms with Crippen molar-refractivity contribution in [3.05, 3.63) is 60.1 Å².